The van der Waals surface area contributed by atoms with Gasteiger partial charge in [-0.15, -0.1) is 0 Å². The number of nitrogens with one attached hydrogen (secondary N) is 2. The molecule has 2 aromatic carbocycles. The predicted molar refractivity (Wildman–Crippen MR) is 77.3 cm³/mol. The minimum Gasteiger partial charge on any atom is -0.393 e. The molecule has 0 saturated carbocycles. The van der Waals surface area contributed by atoms with Crippen LogP contribution >= 0.6 is 0 Å². The van der Waals surface area contributed by atoms with Gasteiger partial charge in [0.15, 0.2) is 0 Å². The summed E-state index contributed by atoms with van der Waals surface area (Å²) in [7, 11) is 0. The largest absolute Gasteiger partial charge is 0.393 e. The molecule has 0 aliphatic carbocycles. The summed E-state index contributed by atoms with van der Waals surface area (Å²) in [5, 5.41) is 16.8. The van der Waals surface area contributed by atoms with Crippen molar-refractivity contribution in [1.82, 2.24) is 5.32 Å². The highest BCUT2D eigenvalue weighted by Gasteiger charge is 2.05. The van der Waals surface area contributed by atoms with Crippen molar-refractivity contribution in [2.24, 2.45) is 0 Å². The summed E-state index contributed by atoms with van der Waals surface area (Å²) in [6.07, 6.45) is 0.140. The fraction of sp³-hybridized carbons (Fsp3) is 0.267. The third kappa shape index (κ3) is 3.69. The van der Waals surface area contributed by atoms with Gasteiger partial charge in [-0.1, -0.05) is 36.4 Å². The molecule has 2 rings (SSSR count). The van der Waals surface area contributed by atoms with E-state index < -0.39 is 6.10 Å². The van der Waals surface area contributed by atoms with Crippen molar-refractivity contribution in [2.45, 2.75) is 19.4 Å². The van der Waals surface area contributed by atoms with Gasteiger partial charge in [-0.3, -0.25) is 0 Å². The molecular weight excluding hydrogens is 240 g/mol. The van der Waals surface area contributed by atoms with Crippen LogP contribution in [-0.4, -0.2) is 23.8 Å². The van der Waals surface area contributed by atoms with Gasteiger partial charge in [-0.2, -0.15) is 0 Å². The quantitative estimate of drug-likeness (QED) is 0.789. The Bertz CT molecular complexity index is 562. The van der Waals surface area contributed by atoms with Crippen molar-refractivity contribution in [3.8, 4) is 0 Å². The molecule has 100 valence electrons. The first-order valence-corrected chi connectivity index (χ1v) is 6.37. The third-order valence-corrected chi connectivity index (χ3v) is 2.89. The first-order chi connectivity index (χ1) is 9.16. The number of fused-ring (bicyclic) bond motifs is 1. The summed E-state index contributed by atoms with van der Waals surface area (Å²) in [5.41, 5.74) is 0.785. The van der Waals surface area contributed by atoms with Crippen molar-refractivity contribution in [1.29, 1.82) is 0 Å². The van der Waals surface area contributed by atoms with Crippen LogP contribution in [0.15, 0.2) is 42.5 Å². The van der Waals surface area contributed by atoms with E-state index in [0.29, 0.717) is 13.0 Å². The van der Waals surface area contributed by atoms with Gasteiger partial charge in [-0.25, -0.2) is 4.79 Å². The van der Waals surface area contributed by atoms with Gasteiger partial charge in [0, 0.05) is 11.9 Å². The van der Waals surface area contributed by atoms with Gasteiger partial charge in [0.05, 0.1) is 11.8 Å². The number of aliphatic hydroxyl groups excluding tert-OH is 1. The Morgan fingerprint density at radius 3 is 2.74 bits per heavy atom. The van der Waals surface area contributed by atoms with Gasteiger partial charge in [-0.05, 0) is 24.8 Å². The second-order valence-corrected chi connectivity index (χ2v) is 4.55. The van der Waals surface area contributed by atoms with Gasteiger partial charge in [0.2, 0.25) is 0 Å². The zero-order valence-electron chi connectivity index (χ0n) is 10.9. The summed E-state index contributed by atoms with van der Waals surface area (Å²) in [4.78, 5) is 11.7. The summed E-state index contributed by atoms with van der Waals surface area (Å²) < 4.78 is 0. The Labute approximate surface area is 112 Å². The average Bonchev–Trinajstić information content (AvgIpc) is 2.39. The highest BCUT2D eigenvalue weighted by Crippen LogP contribution is 2.22. The Morgan fingerprint density at radius 2 is 1.95 bits per heavy atom. The van der Waals surface area contributed by atoms with Crippen LogP contribution in [0.2, 0.25) is 0 Å². The van der Waals surface area contributed by atoms with E-state index in [-0.39, 0.29) is 6.03 Å². The van der Waals surface area contributed by atoms with Crippen molar-refractivity contribution < 1.29 is 9.90 Å². The Balaban J connectivity index is 2.03. The van der Waals surface area contributed by atoms with E-state index in [1.165, 1.54) is 0 Å². The Kier molecular flexibility index (Phi) is 4.36. The van der Waals surface area contributed by atoms with E-state index in [1.54, 1.807) is 6.92 Å². The van der Waals surface area contributed by atoms with Crippen molar-refractivity contribution in [3.63, 3.8) is 0 Å². The number of carbonyl (C=O) groups is 1. The van der Waals surface area contributed by atoms with Gasteiger partial charge in [0.1, 0.15) is 0 Å². The molecule has 0 bridgehead atoms. The molecule has 3 N–H and O–H groups in total. The highest BCUT2D eigenvalue weighted by atomic mass is 16.3. The summed E-state index contributed by atoms with van der Waals surface area (Å²) in [6, 6.07) is 13.4. The second kappa shape index (κ2) is 6.20. The summed E-state index contributed by atoms with van der Waals surface area (Å²) in [6.45, 7) is 2.15. The smallest absolute Gasteiger partial charge is 0.319 e. The van der Waals surface area contributed by atoms with Crippen LogP contribution in [0, 0.1) is 0 Å². The Morgan fingerprint density at radius 1 is 1.21 bits per heavy atom. The first kappa shape index (κ1) is 13.4. The normalized spacial score (nSPS) is 12.1. The molecule has 0 fully saturated rings. The van der Waals surface area contributed by atoms with Gasteiger partial charge >= 0.3 is 6.03 Å². The molecule has 4 heteroatoms. The number of hydrogen-bond acceptors (Lipinski definition) is 2. The van der Waals surface area contributed by atoms with Gasteiger partial charge < -0.3 is 15.7 Å². The maximum absolute atomic E-state index is 11.7. The number of carbonyl (C=O) groups excluding carboxylic acids is 1. The molecule has 0 radical (unpaired) electrons. The van der Waals surface area contributed by atoms with E-state index in [0.717, 1.165) is 16.5 Å². The number of anilines is 1. The summed E-state index contributed by atoms with van der Waals surface area (Å²) in [5.74, 6) is 0. The zero-order chi connectivity index (χ0) is 13.7. The molecule has 0 spiro atoms. The lowest BCUT2D eigenvalue weighted by Crippen LogP contribution is -2.30. The average molecular weight is 258 g/mol. The molecule has 0 saturated heterocycles. The van der Waals surface area contributed by atoms with Crippen molar-refractivity contribution in [3.05, 3.63) is 42.5 Å². The summed E-state index contributed by atoms with van der Waals surface area (Å²) >= 11 is 0. The maximum atomic E-state index is 11.7. The number of rotatable bonds is 4. The lowest BCUT2D eigenvalue weighted by molar-refractivity contribution is 0.184. The molecule has 0 heterocycles. The van der Waals surface area contributed by atoms with Crippen molar-refractivity contribution in [2.75, 3.05) is 11.9 Å². The molecule has 0 aromatic heterocycles. The van der Waals surface area contributed by atoms with E-state index in [2.05, 4.69) is 10.6 Å². The number of hydrogen-bond donors (Lipinski definition) is 3. The molecule has 1 atom stereocenters. The molecule has 1 unspecified atom stereocenters. The molecule has 0 aliphatic heterocycles. The molecule has 0 aliphatic rings. The monoisotopic (exact) mass is 258 g/mol. The van der Waals surface area contributed by atoms with E-state index in [9.17, 15) is 4.79 Å². The molecule has 4 nitrogen and oxygen atoms in total. The Hall–Kier alpha value is -2.07. The topological polar surface area (TPSA) is 61.4 Å². The van der Waals surface area contributed by atoms with Crippen LogP contribution in [0.5, 0.6) is 0 Å². The minimum atomic E-state index is -0.405. The molecule has 19 heavy (non-hydrogen) atoms. The fourth-order valence-electron chi connectivity index (χ4n) is 1.90. The van der Waals surface area contributed by atoms with Crippen LogP contribution in [0.4, 0.5) is 10.5 Å². The maximum Gasteiger partial charge on any atom is 0.319 e. The van der Waals surface area contributed by atoms with Gasteiger partial charge in [0.25, 0.3) is 0 Å². The van der Waals surface area contributed by atoms with E-state index in [1.807, 2.05) is 42.5 Å². The molecular formula is C15H18N2O2. The number of amides is 2. The van der Waals surface area contributed by atoms with Crippen LogP contribution in [0.1, 0.15) is 13.3 Å². The van der Waals surface area contributed by atoms with Crippen LogP contribution < -0.4 is 10.6 Å². The standard InChI is InChI=1S/C15H18N2O2/c1-11(18)9-10-16-15(19)17-14-8-4-6-12-5-2-3-7-13(12)14/h2-8,11,18H,9-10H2,1H3,(H2,16,17,19). The number of urea groups is 1. The van der Waals surface area contributed by atoms with E-state index >= 15 is 0 Å². The molecule has 2 aromatic rings. The third-order valence-electron chi connectivity index (χ3n) is 2.89. The van der Waals surface area contributed by atoms with E-state index in [4.69, 9.17) is 5.11 Å². The van der Waals surface area contributed by atoms with Crippen LogP contribution in [-0.2, 0) is 0 Å². The SMILES string of the molecule is CC(O)CCNC(=O)Nc1cccc2ccccc12. The van der Waals surface area contributed by atoms with Crippen LogP contribution in [0.25, 0.3) is 10.8 Å². The minimum absolute atomic E-state index is 0.253. The lowest BCUT2D eigenvalue weighted by atomic mass is 10.1. The highest BCUT2D eigenvalue weighted by molar-refractivity contribution is 6.01. The number of benzene rings is 2. The second-order valence-electron chi connectivity index (χ2n) is 4.55. The first-order valence-electron chi connectivity index (χ1n) is 6.37. The van der Waals surface area contributed by atoms with Crippen molar-refractivity contribution >= 4 is 22.5 Å². The fourth-order valence-corrected chi connectivity index (χ4v) is 1.90. The molecule has 2 amide bonds. The number of aliphatic hydroxyl groups is 1. The predicted octanol–water partition coefficient (Wildman–Crippen LogP) is 2.73. The zero-order valence-corrected chi connectivity index (χ0v) is 10.9. The lowest BCUT2D eigenvalue weighted by Gasteiger charge is -2.10. The van der Waals surface area contributed by atoms with Crippen LogP contribution in [0.3, 0.4) is 0 Å².